The number of nitrogens with one attached hydrogen (secondary N) is 1. The predicted octanol–water partition coefficient (Wildman–Crippen LogP) is 3.52. The third kappa shape index (κ3) is 2.58. The molecule has 0 fully saturated rings. The molecule has 0 saturated carbocycles. The first-order valence-corrected chi connectivity index (χ1v) is 6.77. The molecular weight excluding hydrogens is 311 g/mol. The summed E-state index contributed by atoms with van der Waals surface area (Å²) < 4.78 is 15.5. The van der Waals surface area contributed by atoms with Crippen molar-refractivity contribution in [2.75, 3.05) is 11.1 Å². The number of anilines is 3. The molecule has 0 radical (unpaired) electrons. The molecule has 1 aromatic heterocycles. The average molecular weight is 327 g/mol. The van der Waals surface area contributed by atoms with Gasteiger partial charge < -0.3 is 11.1 Å². The number of aromatic nitrogens is 2. The highest BCUT2D eigenvalue weighted by atomic mass is 79.9. The zero-order valence-corrected chi connectivity index (χ0v) is 12.7. The summed E-state index contributed by atoms with van der Waals surface area (Å²) in [6, 6.07) is 3.17. The van der Waals surface area contributed by atoms with Crippen LogP contribution in [0.25, 0.3) is 0 Å². The molecule has 0 aliphatic carbocycles. The van der Waals surface area contributed by atoms with Crippen LogP contribution in [0.4, 0.5) is 21.6 Å². The van der Waals surface area contributed by atoms with Crippen LogP contribution in [0.1, 0.15) is 18.2 Å². The molecule has 1 aromatic carbocycles. The molecule has 0 bridgehead atoms. The number of hydrogen-bond acceptors (Lipinski definition) is 3. The summed E-state index contributed by atoms with van der Waals surface area (Å²) >= 11 is 3.18. The molecule has 102 valence electrons. The van der Waals surface area contributed by atoms with Crippen molar-refractivity contribution in [1.29, 1.82) is 0 Å². The molecule has 0 saturated heterocycles. The van der Waals surface area contributed by atoms with Gasteiger partial charge in [-0.25, -0.2) is 4.39 Å². The highest BCUT2D eigenvalue weighted by molar-refractivity contribution is 9.10. The molecule has 2 aromatic rings. The van der Waals surface area contributed by atoms with Crippen molar-refractivity contribution < 1.29 is 4.39 Å². The van der Waals surface area contributed by atoms with Gasteiger partial charge in [-0.2, -0.15) is 5.10 Å². The average Bonchev–Trinajstić information content (AvgIpc) is 2.63. The van der Waals surface area contributed by atoms with E-state index in [1.807, 2.05) is 20.9 Å². The molecule has 0 amide bonds. The molecule has 0 aliphatic heterocycles. The Kier molecular flexibility index (Phi) is 3.80. The first-order chi connectivity index (χ1) is 8.93. The van der Waals surface area contributed by atoms with Gasteiger partial charge in [0, 0.05) is 12.7 Å². The number of nitrogens with zero attached hydrogens (tertiary/aromatic N) is 2. The molecule has 1 heterocycles. The van der Waals surface area contributed by atoms with Crippen molar-refractivity contribution in [3.63, 3.8) is 0 Å². The van der Waals surface area contributed by atoms with Gasteiger partial charge in [0.2, 0.25) is 0 Å². The van der Waals surface area contributed by atoms with Crippen molar-refractivity contribution in [3.8, 4) is 0 Å². The SMILES string of the molecule is CCc1nn(C)c(Nc2cc(Br)c(F)cc2C)c1N. The first-order valence-electron chi connectivity index (χ1n) is 5.98. The summed E-state index contributed by atoms with van der Waals surface area (Å²) in [6.07, 6.45) is 0.771. The lowest BCUT2D eigenvalue weighted by Gasteiger charge is -2.11. The Balaban J connectivity index is 2.42. The van der Waals surface area contributed by atoms with Gasteiger partial charge in [0.15, 0.2) is 5.82 Å². The maximum absolute atomic E-state index is 13.4. The van der Waals surface area contributed by atoms with E-state index in [2.05, 4.69) is 26.3 Å². The normalized spacial score (nSPS) is 10.8. The van der Waals surface area contributed by atoms with Gasteiger partial charge in [0.25, 0.3) is 0 Å². The zero-order valence-electron chi connectivity index (χ0n) is 11.1. The summed E-state index contributed by atoms with van der Waals surface area (Å²) in [5, 5.41) is 7.55. The van der Waals surface area contributed by atoms with Crippen LogP contribution in [-0.4, -0.2) is 9.78 Å². The van der Waals surface area contributed by atoms with Crippen molar-refractivity contribution in [2.24, 2.45) is 7.05 Å². The standard InChI is InChI=1S/C13H16BrFN4/c1-4-10-12(16)13(19(3)18-10)17-11-6-8(14)9(15)5-7(11)2/h5-6,17H,4,16H2,1-3H3. The fourth-order valence-corrected chi connectivity index (χ4v) is 2.26. The van der Waals surface area contributed by atoms with E-state index in [1.165, 1.54) is 6.07 Å². The van der Waals surface area contributed by atoms with E-state index >= 15 is 0 Å². The summed E-state index contributed by atoms with van der Waals surface area (Å²) in [5.41, 5.74) is 9.13. The summed E-state index contributed by atoms with van der Waals surface area (Å²) in [5.74, 6) is 0.439. The van der Waals surface area contributed by atoms with Gasteiger partial charge in [-0.05, 0) is 47.0 Å². The Morgan fingerprint density at radius 2 is 2.16 bits per heavy atom. The number of nitrogen functional groups attached to an aromatic ring is 1. The lowest BCUT2D eigenvalue weighted by molar-refractivity contribution is 0.620. The second-order valence-corrected chi connectivity index (χ2v) is 5.25. The van der Waals surface area contributed by atoms with Crippen molar-refractivity contribution >= 4 is 33.1 Å². The van der Waals surface area contributed by atoms with Crippen LogP contribution < -0.4 is 11.1 Å². The topological polar surface area (TPSA) is 55.9 Å². The van der Waals surface area contributed by atoms with E-state index in [-0.39, 0.29) is 5.82 Å². The second kappa shape index (κ2) is 5.21. The minimum atomic E-state index is -0.282. The van der Waals surface area contributed by atoms with E-state index in [1.54, 1.807) is 10.7 Å². The Morgan fingerprint density at radius 3 is 2.74 bits per heavy atom. The van der Waals surface area contributed by atoms with Gasteiger partial charge in [0.1, 0.15) is 5.82 Å². The summed E-state index contributed by atoms with van der Waals surface area (Å²) in [6.45, 7) is 3.84. The molecule has 2 rings (SSSR count). The van der Waals surface area contributed by atoms with Gasteiger partial charge >= 0.3 is 0 Å². The summed E-state index contributed by atoms with van der Waals surface area (Å²) in [4.78, 5) is 0. The third-order valence-corrected chi connectivity index (χ3v) is 3.62. The van der Waals surface area contributed by atoms with Gasteiger partial charge in [-0.15, -0.1) is 0 Å². The number of hydrogen-bond donors (Lipinski definition) is 2. The molecule has 0 unspecified atom stereocenters. The van der Waals surface area contributed by atoms with Crippen LogP contribution in [0, 0.1) is 12.7 Å². The van der Waals surface area contributed by atoms with Crippen LogP contribution in [-0.2, 0) is 13.5 Å². The van der Waals surface area contributed by atoms with E-state index < -0.39 is 0 Å². The van der Waals surface area contributed by atoms with Crippen molar-refractivity contribution in [3.05, 3.63) is 33.7 Å². The summed E-state index contributed by atoms with van der Waals surface area (Å²) in [7, 11) is 1.83. The monoisotopic (exact) mass is 326 g/mol. The minimum Gasteiger partial charge on any atom is -0.394 e. The van der Waals surface area contributed by atoms with Crippen molar-refractivity contribution in [1.82, 2.24) is 9.78 Å². The molecule has 4 nitrogen and oxygen atoms in total. The Bertz CT molecular complexity index is 622. The van der Waals surface area contributed by atoms with E-state index in [0.29, 0.717) is 10.2 Å². The predicted molar refractivity (Wildman–Crippen MR) is 79.1 cm³/mol. The van der Waals surface area contributed by atoms with E-state index in [9.17, 15) is 4.39 Å². The van der Waals surface area contributed by atoms with Crippen LogP contribution in [0.3, 0.4) is 0 Å². The number of aryl methyl sites for hydroxylation is 3. The van der Waals surface area contributed by atoms with Crippen LogP contribution in [0.15, 0.2) is 16.6 Å². The number of benzene rings is 1. The Morgan fingerprint density at radius 1 is 1.47 bits per heavy atom. The lowest BCUT2D eigenvalue weighted by Crippen LogP contribution is -2.03. The molecule has 0 aliphatic rings. The third-order valence-electron chi connectivity index (χ3n) is 3.02. The lowest BCUT2D eigenvalue weighted by atomic mass is 10.2. The van der Waals surface area contributed by atoms with Crippen molar-refractivity contribution in [2.45, 2.75) is 20.3 Å². The van der Waals surface area contributed by atoms with E-state index in [0.717, 1.165) is 29.2 Å². The first kappa shape index (κ1) is 13.9. The Labute approximate surface area is 119 Å². The van der Waals surface area contributed by atoms with E-state index in [4.69, 9.17) is 5.73 Å². The zero-order chi connectivity index (χ0) is 14.2. The highest BCUT2D eigenvalue weighted by Crippen LogP contribution is 2.30. The number of nitrogens with two attached hydrogens (primary N) is 1. The molecule has 19 heavy (non-hydrogen) atoms. The molecule has 6 heteroatoms. The minimum absolute atomic E-state index is 0.282. The highest BCUT2D eigenvalue weighted by Gasteiger charge is 2.13. The molecular formula is C13H16BrFN4. The molecule has 0 spiro atoms. The van der Waals surface area contributed by atoms with Crippen LogP contribution in [0.5, 0.6) is 0 Å². The largest absolute Gasteiger partial charge is 0.394 e. The Hall–Kier alpha value is -1.56. The quantitative estimate of drug-likeness (QED) is 0.907. The van der Waals surface area contributed by atoms with Gasteiger partial charge in [-0.1, -0.05) is 6.92 Å². The molecule has 3 N–H and O–H groups in total. The molecule has 0 atom stereocenters. The maximum atomic E-state index is 13.4. The number of halogens is 2. The van der Waals surface area contributed by atoms with Gasteiger partial charge in [0.05, 0.1) is 15.9 Å². The fourth-order valence-electron chi connectivity index (χ4n) is 1.91. The number of rotatable bonds is 3. The second-order valence-electron chi connectivity index (χ2n) is 4.39. The van der Waals surface area contributed by atoms with Crippen LogP contribution >= 0.6 is 15.9 Å². The smallest absolute Gasteiger partial charge is 0.152 e. The van der Waals surface area contributed by atoms with Gasteiger partial charge in [-0.3, -0.25) is 4.68 Å². The van der Waals surface area contributed by atoms with Crippen LogP contribution in [0.2, 0.25) is 0 Å². The fraction of sp³-hybridized carbons (Fsp3) is 0.308. The maximum Gasteiger partial charge on any atom is 0.152 e.